The molecule has 2 atom stereocenters. The van der Waals surface area contributed by atoms with Gasteiger partial charge in [-0.1, -0.05) is 97.1 Å². The minimum Gasteiger partial charge on any atom is -0.468 e. The van der Waals surface area contributed by atoms with Crippen molar-refractivity contribution >= 4 is 28.9 Å². The standard InChI is InChI=1S/C38H37N3O6/c1-45-36(42)35(21-26-22-40-33-18-10-9-13-27(26)33)39-20-19-34(37(43)46-23-25-11-3-2-4-12-25)41-38(44)47-24-32-30-16-7-5-14-28(30)29-15-6-8-17-31(29)32/h2-18,22,32,34-35,39-40H,19-21,23-24H2,1H3,(H,41,44)/t34-,35-/m0/s1. The molecule has 0 unspecified atom stereocenters. The summed E-state index contributed by atoms with van der Waals surface area (Å²) in [6.07, 6.45) is 1.68. The van der Waals surface area contributed by atoms with E-state index in [4.69, 9.17) is 14.2 Å². The molecule has 1 amide bonds. The Morgan fingerprint density at radius 3 is 2.15 bits per heavy atom. The van der Waals surface area contributed by atoms with E-state index in [9.17, 15) is 14.4 Å². The number of fused-ring (bicyclic) bond motifs is 4. The molecule has 0 spiro atoms. The van der Waals surface area contributed by atoms with Crippen molar-refractivity contribution in [2.24, 2.45) is 0 Å². The fourth-order valence-electron chi connectivity index (χ4n) is 6.16. The summed E-state index contributed by atoms with van der Waals surface area (Å²) in [5.41, 5.74) is 7.18. The number of H-pyrrole nitrogens is 1. The van der Waals surface area contributed by atoms with E-state index >= 15 is 0 Å². The largest absolute Gasteiger partial charge is 0.468 e. The quantitative estimate of drug-likeness (QED) is 0.110. The third-order valence-electron chi connectivity index (χ3n) is 8.55. The van der Waals surface area contributed by atoms with E-state index in [1.54, 1.807) is 0 Å². The molecule has 0 aliphatic heterocycles. The Morgan fingerprint density at radius 1 is 0.766 bits per heavy atom. The van der Waals surface area contributed by atoms with E-state index in [2.05, 4.69) is 27.8 Å². The van der Waals surface area contributed by atoms with Gasteiger partial charge < -0.3 is 29.8 Å². The summed E-state index contributed by atoms with van der Waals surface area (Å²) in [5.74, 6) is -1.15. The minimum atomic E-state index is -1.02. The van der Waals surface area contributed by atoms with Crippen LogP contribution >= 0.6 is 0 Å². The lowest BCUT2D eigenvalue weighted by molar-refractivity contribution is -0.147. The van der Waals surface area contributed by atoms with Gasteiger partial charge in [-0.25, -0.2) is 9.59 Å². The van der Waals surface area contributed by atoms with Crippen LogP contribution in [0.5, 0.6) is 0 Å². The van der Waals surface area contributed by atoms with E-state index in [0.717, 1.165) is 44.3 Å². The van der Waals surface area contributed by atoms with Crippen LogP contribution in [0.15, 0.2) is 109 Å². The topological polar surface area (TPSA) is 119 Å². The Kier molecular flexibility index (Phi) is 9.93. The van der Waals surface area contributed by atoms with Crippen LogP contribution in [-0.4, -0.2) is 55.4 Å². The van der Waals surface area contributed by atoms with Gasteiger partial charge in [0.2, 0.25) is 0 Å². The first-order chi connectivity index (χ1) is 23.0. The number of alkyl carbamates (subject to hydrolysis) is 1. The molecule has 1 aromatic heterocycles. The highest BCUT2D eigenvalue weighted by Crippen LogP contribution is 2.44. The molecule has 4 aromatic carbocycles. The molecule has 1 heterocycles. The maximum Gasteiger partial charge on any atom is 0.407 e. The highest BCUT2D eigenvalue weighted by atomic mass is 16.6. The van der Waals surface area contributed by atoms with E-state index in [1.165, 1.54) is 7.11 Å². The molecule has 0 saturated heterocycles. The van der Waals surface area contributed by atoms with Crippen molar-refractivity contribution in [1.29, 1.82) is 0 Å². The number of hydrogen-bond acceptors (Lipinski definition) is 7. The molecule has 0 radical (unpaired) electrons. The average Bonchev–Trinajstić information content (AvgIpc) is 3.67. The van der Waals surface area contributed by atoms with Gasteiger partial charge in [-0.2, -0.15) is 0 Å². The first-order valence-corrected chi connectivity index (χ1v) is 15.7. The van der Waals surface area contributed by atoms with Crippen LogP contribution in [-0.2, 0) is 36.8 Å². The van der Waals surface area contributed by atoms with Gasteiger partial charge in [0.05, 0.1) is 7.11 Å². The number of para-hydroxylation sites is 1. The summed E-state index contributed by atoms with van der Waals surface area (Å²) in [7, 11) is 1.34. The molecule has 240 valence electrons. The molecular weight excluding hydrogens is 594 g/mol. The Morgan fingerprint density at radius 2 is 1.43 bits per heavy atom. The van der Waals surface area contributed by atoms with E-state index < -0.39 is 30.1 Å². The number of aromatic nitrogens is 1. The molecule has 6 rings (SSSR count). The number of methoxy groups -OCH3 is 1. The van der Waals surface area contributed by atoms with Crippen molar-refractivity contribution in [2.45, 2.75) is 37.5 Å². The van der Waals surface area contributed by atoms with Crippen molar-refractivity contribution < 1.29 is 28.6 Å². The maximum absolute atomic E-state index is 13.3. The number of esters is 2. The van der Waals surface area contributed by atoms with Gasteiger partial charge in [-0.15, -0.1) is 0 Å². The molecule has 9 nitrogen and oxygen atoms in total. The molecule has 0 saturated carbocycles. The number of carbonyl (C=O) groups is 3. The number of nitrogens with one attached hydrogen (secondary N) is 3. The second kappa shape index (κ2) is 14.8. The summed E-state index contributed by atoms with van der Waals surface area (Å²) >= 11 is 0. The summed E-state index contributed by atoms with van der Waals surface area (Å²) in [5, 5.41) is 6.95. The Bertz CT molecular complexity index is 1810. The van der Waals surface area contributed by atoms with E-state index in [1.807, 2.05) is 97.2 Å². The number of rotatable bonds is 13. The molecule has 3 N–H and O–H groups in total. The third-order valence-corrected chi connectivity index (χ3v) is 8.55. The highest BCUT2D eigenvalue weighted by Gasteiger charge is 2.30. The zero-order chi connectivity index (χ0) is 32.6. The fraction of sp³-hybridized carbons (Fsp3) is 0.237. The SMILES string of the molecule is COC(=O)[C@H](Cc1c[nH]c2ccccc12)NCC[C@H](NC(=O)OCC1c2ccccc2-c2ccccc21)C(=O)OCc1ccccc1. The summed E-state index contributed by atoms with van der Waals surface area (Å²) in [6.45, 7) is 0.386. The van der Waals surface area contributed by atoms with Gasteiger partial charge in [-0.3, -0.25) is 4.79 Å². The number of aromatic amines is 1. The lowest BCUT2D eigenvalue weighted by Gasteiger charge is -2.21. The lowest BCUT2D eigenvalue weighted by Crippen LogP contribution is -2.46. The highest BCUT2D eigenvalue weighted by molar-refractivity contribution is 5.85. The van der Waals surface area contributed by atoms with Crippen molar-refractivity contribution in [3.05, 3.63) is 132 Å². The van der Waals surface area contributed by atoms with Crippen molar-refractivity contribution in [2.75, 3.05) is 20.3 Å². The Hall–Kier alpha value is -5.41. The first-order valence-electron chi connectivity index (χ1n) is 15.7. The monoisotopic (exact) mass is 631 g/mol. The lowest BCUT2D eigenvalue weighted by atomic mass is 9.98. The normalized spacial score (nSPS) is 13.3. The second-order valence-electron chi connectivity index (χ2n) is 11.5. The van der Waals surface area contributed by atoms with Crippen LogP contribution in [0.4, 0.5) is 4.79 Å². The first kappa shape index (κ1) is 31.6. The molecule has 0 bridgehead atoms. The van der Waals surface area contributed by atoms with Crippen LogP contribution in [0.1, 0.15) is 34.6 Å². The van der Waals surface area contributed by atoms with Crippen LogP contribution in [0.2, 0.25) is 0 Å². The van der Waals surface area contributed by atoms with Crippen molar-refractivity contribution in [1.82, 2.24) is 15.6 Å². The fourth-order valence-corrected chi connectivity index (χ4v) is 6.16. The molecular formula is C38H37N3O6. The molecule has 9 heteroatoms. The second-order valence-corrected chi connectivity index (χ2v) is 11.5. The number of hydrogen-bond donors (Lipinski definition) is 3. The molecule has 1 aliphatic rings. The van der Waals surface area contributed by atoms with Crippen molar-refractivity contribution in [3.63, 3.8) is 0 Å². The number of benzene rings is 4. The zero-order valence-corrected chi connectivity index (χ0v) is 26.1. The smallest absolute Gasteiger partial charge is 0.407 e. The van der Waals surface area contributed by atoms with Crippen LogP contribution in [0.25, 0.3) is 22.0 Å². The Balaban J connectivity index is 1.11. The number of ether oxygens (including phenoxy) is 3. The summed E-state index contributed by atoms with van der Waals surface area (Å²) < 4.78 is 16.4. The van der Waals surface area contributed by atoms with Gasteiger partial charge in [0.15, 0.2) is 0 Å². The van der Waals surface area contributed by atoms with Crippen LogP contribution in [0, 0.1) is 0 Å². The summed E-state index contributed by atoms with van der Waals surface area (Å²) in [4.78, 5) is 42.4. The number of amides is 1. The zero-order valence-electron chi connectivity index (χ0n) is 26.1. The van der Waals surface area contributed by atoms with Gasteiger partial charge in [-0.05, 0) is 52.4 Å². The van der Waals surface area contributed by atoms with E-state index in [0.29, 0.717) is 6.42 Å². The predicted molar refractivity (Wildman–Crippen MR) is 179 cm³/mol. The third kappa shape index (κ3) is 7.37. The molecule has 5 aromatic rings. The van der Waals surface area contributed by atoms with Crippen LogP contribution in [0.3, 0.4) is 0 Å². The van der Waals surface area contributed by atoms with Gasteiger partial charge >= 0.3 is 18.0 Å². The van der Waals surface area contributed by atoms with E-state index in [-0.39, 0.29) is 32.1 Å². The van der Waals surface area contributed by atoms with Gasteiger partial charge in [0, 0.05) is 29.4 Å². The summed E-state index contributed by atoms with van der Waals surface area (Å²) in [6, 6.07) is 31.7. The maximum atomic E-state index is 13.3. The molecule has 1 aliphatic carbocycles. The number of carbonyl (C=O) groups excluding carboxylic acids is 3. The van der Waals surface area contributed by atoms with Crippen LogP contribution < -0.4 is 10.6 Å². The minimum absolute atomic E-state index is 0.0569. The molecule has 0 fully saturated rings. The average molecular weight is 632 g/mol. The van der Waals surface area contributed by atoms with Crippen molar-refractivity contribution in [3.8, 4) is 11.1 Å². The Labute approximate surface area is 273 Å². The van der Waals surface area contributed by atoms with Gasteiger partial charge in [0.25, 0.3) is 0 Å². The molecule has 47 heavy (non-hydrogen) atoms. The van der Waals surface area contributed by atoms with Gasteiger partial charge in [0.1, 0.15) is 25.3 Å². The predicted octanol–water partition coefficient (Wildman–Crippen LogP) is 5.88.